The van der Waals surface area contributed by atoms with Gasteiger partial charge in [0.2, 0.25) is 0 Å². The van der Waals surface area contributed by atoms with E-state index in [9.17, 15) is 14.7 Å². The van der Waals surface area contributed by atoms with Gasteiger partial charge in [0.1, 0.15) is 6.61 Å². The summed E-state index contributed by atoms with van der Waals surface area (Å²) >= 11 is 1.20. The van der Waals surface area contributed by atoms with Crippen LogP contribution in [0.15, 0.2) is 36.4 Å². The summed E-state index contributed by atoms with van der Waals surface area (Å²) in [4.78, 5) is 26.0. The van der Waals surface area contributed by atoms with Crippen LogP contribution in [0.1, 0.15) is 9.67 Å². The minimum absolute atomic E-state index is 0.0550. The van der Waals surface area contributed by atoms with E-state index in [0.717, 1.165) is 11.4 Å². The van der Waals surface area contributed by atoms with Gasteiger partial charge in [-0.1, -0.05) is 0 Å². The molecule has 144 valence electrons. The van der Waals surface area contributed by atoms with E-state index >= 15 is 0 Å². The number of ether oxygens (including phenoxy) is 1. The predicted octanol–water partition coefficient (Wildman–Crippen LogP) is 0.896. The number of aliphatic hydroxyl groups is 1. The van der Waals surface area contributed by atoms with Gasteiger partial charge >= 0.3 is 0 Å². The molecule has 1 fully saturated rings. The number of amides is 2. The SMILES string of the molecule is Nc1ccc(C(=O)NC[C@H](O)CNc2ccc(N3CCOCC3=O)cc2)s1. The highest BCUT2D eigenvalue weighted by atomic mass is 32.1. The molecule has 0 aliphatic carbocycles. The van der Waals surface area contributed by atoms with E-state index in [1.807, 2.05) is 24.3 Å². The zero-order valence-corrected chi connectivity index (χ0v) is 15.5. The lowest BCUT2D eigenvalue weighted by Crippen LogP contribution is -2.41. The van der Waals surface area contributed by atoms with Crippen molar-refractivity contribution in [2.45, 2.75) is 6.10 Å². The maximum atomic E-state index is 11.9. The minimum atomic E-state index is -0.744. The number of aliphatic hydroxyl groups excluding tert-OH is 1. The van der Waals surface area contributed by atoms with E-state index in [4.69, 9.17) is 10.5 Å². The number of nitrogens with zero attached hydrogens (tertiary/aromatic N) is 1. The number of benzene rings is 1. The first-order valence-electron chi connectivity index (χ1n) is 8.56. The van der Waals surface area contributed by atoms with Crippen molar-refractivity contribution < 1.29 is 19.4 Å². The second-order valence-electron chi connectivity index (χ2n) is 6.09. The van der Waals surface area contributed by atoms with Crippen LogP contribution in [0.2, 0.25) is 0 Å². The molecule has 1 saturated heterocycles. The van der Waals surface area contributed by atoms with Crippen molar-refractivity contribution in [2.75, 3.05) is 48.8 Å². The second-order valence-corrected chi connectivity index (χ2v) is 7.21. The predicted molar refractivity (Wildman–Crippen MR) is 105 cm³/mol. The summed E-state index contributed by atoms with van der Waals surface area (Å²) in [5, 5.41) is 16.4. The van der Waals surface area contributed by atoms with Crippen molar-refractivity contribution in [3.63, 3.8) is 0 Å². The summed E-state index contributed by atoms with van der Waals surface area (Å²) in [6.45, 7) is 1.59. The van der Waals surface area contributed by atoms with E-state index in [0.29, 0.717) is 23.0 Å². The number of rotatable bonds is 7. The molecule has 0 bridgehead atoms. The number of carbonyl (C=O) groups excluding carboxylic acids is 2. The summed E-state index contributed by atoms with van der Waals surface area (Å²) in [6, 6.07) is 10.7. The Bertz CT molecular complexity index is 793. The van der Waals surface area contributed by atoms with Crippen LogP contribution >= 0.6 is 11.3 Å². The van der Waals surface area contributed by atoms with Gasteiger partial charge in [-0.05, 0) is 36.4 Å². The highest BCUT2D eigenvalue weighted by molar-refractivity contribution is 7.17. The number of nitrogens with two attached hydrogens (primary N) is 1. The van der Waals surface area contributed by atoms with Crippen LogP contribution in [0.5, 0.6) is 0 Å². The molecule has 0 saturated carbocycles. The van der Waals surface area contributed by atoms with Crippen LogP contribution < -0.4 is 21.3 Å². The quantitative estimate of drug-likeness (QED) is 0.558. The van der Waals surface area contributed by atoms with Crippen LogP contribution in [0, 0.1) is 0 Å². The number of thiophene rings is 1. The third-order valence-corrected chi connectivity index (χ3v) is 4.97. The molecule has 0 spiro atoms. The topological polar surface area (TPSA) is 117 Å². The molecular formula is C18H22N4O4S. The largest absolute Gasteiger partial charge is 0.391 e. The fourth-order valence-corrected chi connectivity index (χ4v) is 3.32. The molecule has 0 unspecified atom stereocenters. The van der Waals surface area contributed by atoms with Crippen molar-refractivity contribution >= 4 is 39.5 Å². The zero-order valence-electron chi connectivity index (χ0n) is 14.7. The summed E-state index contributed by atoms with van der Waals surface area (Å²) < 4.78 is 5.12. The van der Waals surface area contributed by atoms with E-state index in [1.165, 1.54) is 11.3 Å². The molecule has 2 heterocycles. The van der Waals surface area contributed by atoms with Gasteiger partial charge in [-0.3, -0.25) is 9.59 Å². The molecule has 2 aromatic rings. The number of nitrogen functional groups attached to an aromatic ring is 1. The van der Waals surface area contributed by atoms with E-state index < -0.39 is 6.10 Å². The number of hydrogen-bond acceptors (Lipinski definition) is 7. The average molecular weight is 390 g/mol. The summed E-state index contributed by atoms with van der Waals surface area (Å²) in [6.07, 6.45) is -0.744. The fourth-order valence-electron chi connectivity index (χ4n) is 2.63. The van der Waals surface area contributed by atoms with Gasteiger partial charge in [0, 0.05) is 31.0 Å². The molecule has 1 aromatic carbocycles. The lowest BCUT2D eigenvalue weighted by atomic mass is 10.2. The van der Waals surface area contributed by atoms with Gasteiger partial charge < -0.3 is 31.1 Å². The molecular weight excluding hydrogens is 368 g/mol. The highest BCUT2D eigenvalue weighted by Gasteiger charge is 2.19. The first-order chi connectivity index (χ1) is 13.0. The normalized spacial score (nSPS) is 15.4. The van der Waals surface area contributed by atoms with Gasteiger partial charge in [0.15, 0.2) is 0 Å². The number of nitrogens with one attached hydrogen (secondary N) is 2. The Morgan fingerprint density at radius 1 is 1.26 bits per heavy atom. The monoisotopic (exact) mass is 390 g/mol. The van der Waals surface area contributed by atoms with Crippen LogP contribution in [0.3, 0.4) is 0 Å². The number of carbonyl (C=O) groups is 2. The third-order valence-electron chi connectivity index (χ3n) is 4.06. The second kappa shape index (κ2) is 8.85. The molecule has 3 rings (SSSR count). The van der Waals surface area contributed by atoms with Gasteiger partial charge in [-0.25, -0.2) is 0 Å². The first-order valence-corrected chi connectivity index (χ1v) is 9.38. The van der Waals surface area contributed by atoms with Gasteiger partial charge in [-0.15, -0.1) is 11.3 Å². The maximum Gasteiger partial charge on any atom is 0.261 e. The highest BCUT2D eigenvalue weighted by Crippen LogP contribution is 2.20. The molecule has 1 aromatic heterocycles. The molecule has 27 heavy (non-hydrogen) atoms. The smallest absolute Gasteiger partial charge is 0.261 e. The van der Waals surface area contributed by atoms with Crippen LogP contribution in [0.4, 0.5) is 16.4 Å². The fraction of sp³-hybridized carbons (Fsp3) is 0.333. The Morgan fingerprint density at radius 2 is 2.04 bits per heavy atom. The molecule has 1 aliphatic heterocycles. The number of morpholine rings is 1. The summed E-state index contributed by atoms with van der Waals surface area (Å²) in [7, 11) is 0. The number of anilines is 3. The lowest BCUT2D eigenvalue weighted by Gasteiger charge is -2.27. The Hall–Kier alpha value is -2.62. The molecule has 1 aliphatic rings. The summed E-state index contributed by atoms with van der Waals surface area (Å²) in [5.74, 6) is -0.309. The van der Waals surface area contributed by atoms with Crippen LogP contribution in [0.25, 0.3) is 0 Å². The molecule has 0 radical (unpaired) electrons. The van der Waals surface area contributed by atoms with Gasteiger partial charge in [-0.2, -0.15) is 0 Å². The number of hydrogen-bond donors (Lipinski definition) is 4. The Labute approximate surface area is 160 Å². The van der Waals surface area contributed by atoms with Crippen LogP contribution in [-0.4, -0.2) is 55.9 Å². The Kier molecular flexibility index (Phi) is 6.28. The first kappa shape index (κ1) is 19.2. The lowest BCUT2D eigenvalue weighted by molar-refractivity contribution is -0.125. The van der Waals surface area contributed by atoms with E-state index in [2.05, 4.69) is 10.6 Å². The molecule has 9 heteroatoms. The van der Waals surface area contributed by atoms with E-state index in [1.54, 1.807) is 17.0 Å². The van der Waals surface area contributed by atoms with Crippen molar-refractivity contribution in [1.82, 2.24) is 5.32 Å². The zero-order chi connectivity index (χ0) is 19.2. The molecule has 5 N–H and O–H groups in total. The Morgan fingerprint density at radius 3 is 2.70 bits per heavy atom. The average Bonchev–Trinajstić information content (AvgIpc) is 3.12. The molecule has 8 nitrogen and oxygen atoms in total. The van der Waals surface area contributed by atoms with Crippen molar-refractivity contribution in [2.24, 2.45) is 0 Å². The minimum Gasteiger partial charge on any atom is -0.391 e. The standard InChI is InChI=1S/C18H22N4O4S/c19-16-6-5-15(27-16)18(25)21-10-14(23)9-20-12-1-3-13(4-2-12)22-7-8-26-11-17(22)24/h1-6,14,20,23H,7-11,19H2,(H,21,25)/t14-/m1/s1. The van der Waals surface area contributed by atoms with Crippen molar-refractivity contribution in [3.8, 4) is 0 Å². The Balaban J connectivity index is 1.44. The van der Waals surface area contributed by atoms with Gasteiger partial charge in [0.25, 0.3) is 11.8 Å². The van der Waals surface area contributed by atoms with E-state index in [-0.39, 0.29) is 31.5 Å². The van der Waals surface area contributed by atoms with Crippen LogP contribution in [-0.2, 0) is 9.53 Å². The molecule has 1 atom stereocenters. The maximum absolute atomic E-state index is 11.9. The third kappa shape index (κ3) is 5.19. The molecule has 2 amide bonds. The van der Waals surface area contributed by atoms with Crippen molar-refractivity contribution in [1.29, 1.82) is 0 Å². The van der Waals surface area contributed by atoms with Gasteiger partial charge in [0.05, 0.1) is 22.6 Å². The van der Waals surface area contributed by atoms with Crippen molar-refractivity contribution in [3.05, 3.63) is 41.3 Å². The summed E-state index contributed by atoms with van der Waals surface area (Å²) in [5.41, 5.74) is 7.23.